The number of hydrogen-bond acceptors (Lipinski definition) is 7. The Labute approximate surface area is 193 Å². The number of fused-ring (bicyclic) bond motifs is 1. The summed E-state index contributed by atoms with van der Waals surface area (Å²) in [5.41, 5.74) is 1.96. The monoisotopic (exact) mass is 463 g/mol. The number of anilines is 1. The SMILES string of the molecule is CCOC(=O)c1sc(-c2ccc(OC)cc2)cc1NC(=O)Cn1c(=O)cnc2ccccc21. The van der Waals surface area contributed by atoms with Crippen LogP contribution in [0.1, 0.15) is 16.6 Å². The van der Waals surface area contributed by atoms with Crippen molar-refractivity contribution in [1.82, 2.24) is 9.55 Å². The first-order valence-electron chi connectivity index (χ1n) is 10.2. The quantitative estimate of drug-likeness (QED) is 0.417. The van der Waals surface area contributed by atoms with Gasteiger partial charge in [-0.2, -0.15) is 0 Å². The van der Waals surface area contributed by atoms with Crippen LogP contribution in [0.2, 0.25) is 0 Å². The van der Waals surface area contributed by atoms with Gasteiger partial charge in [-0.3, -0.25) is 14.2 Å². The van der Waals surface area contributed by atoms with Gasteiger partial charge in [-0.15, -0.1) is 11.3 Å². The van der Waals surface area contributed by atoms with Gasteiger partial charge < -0.3 is 14.8 Å². The molecule has 0 aliphatic carbocycles. The van der Waals surface area contributed by atoms with Crippen molar-refractivity contribution in [1.29, 1.82) is 0 Å². The Bertz CT molecular complexity index is 1380. The number of ether oxygens (including phenoxy) is 2. The van der Waals surface area contributed by atoms with Gasteiger partial charge >= 0.3 is 5.97 Å². The van der Waals surface area contributed by atoms with Crippen LogP contribution in [0.5, 0.6) is 5.75 Å². The highest BCUT2D eigenvalue weighted by Crippen LogP contribution is 2.36. The van der Waals surface area contributed by atoms with Crippen LogP contribution < -0.4 is 15.6 Å². The second-order valence-electron chi connectivity index (χ2n) is 7.02. The van der Waals surface area contributed by atoms with Crippen LogP contribution in [-0.4, -0.2) is 35.1 Å². The molecule has 0 fully saturated rings. The number of benzene rings is 2. The van der Waals surface area contributed by atoms with E-state index in [-0.39, 0.29) is 18.0 Å². The van der Waals surface area contributed by atoms with Gasteiger partial charge in [-0.05, 0) is 55.0 Å². The highest BCUT2D eigenvalue weighted by atomic mass is 32.1. The Kier molecular flexibility index (Phi) is 6.50. The predicted octanol–water partition coefficient (Wildman–Crippen LogP) is 3.95. The highest BCUT2D eigenvalue weighted by molar-refractivity contribution is 7.18. The molecule has 0 unspecified atom stereocenters. The summed E-state index contributed by atoms with van der Waals surface area (Å²) in [7, 11) is 1.59. The molecule has 0 saturated heterocycles. The van der Waals surface area contributed by atoms with Crippen molar-refractivity contribution in [2.24, 2.45) is 0 Å². The lowest BCUT2D eigenvalue weighted by molar-refractivity contribution is -0.116. The van der Waals surface area contributed by atoms with Gasteiger partial charge in [0.25, 0.3) is 5.56 Å². The van der Waals surface area contributed by atoms with Crippen LogP contribution >= 0.6 is 11.3 Å². The maximum absolute atomic E-state index is 12.9. The fourth-order valence-corrected chi connectivity index (χ4v) is 4.35. The number of carbonyl (C=O) groups excluding carboxylic acids is 2. The van der Waals surface area contributed by atoms with Crippen LogP contribution in [0.4, 0.5) is 5.69 Å². The minimum Gasteiger partial charge on any atom is -0.497 e. The van der Waals surface area contributed by atoms with Gasteiger partial charge in [0.15, 0.2) is 0 Å². The molecule has 2 aromatic heterocycles. The molecular weight excluding hydrogens is 442 g/mol. The maximum Gasteiger partial charge on any atom is 0.350 e. The summed E-state index contributed by atoms with van der Waals surface area (Å²) in [5.74, 6) is -0.258. The molecule has 0 spiro atoms. The summed E-state index contributed by atoms with van der Waals surface area (Å²) in [6.07, 6.45) is 1.19. The molecule has 1 N–H and O–H groups in total. The van der Waals surface area contributed by atoms with Crippen molar-refractivity contribution in [2.75, 3.05) is 19.0 Å². The Balaban J connectivity index is 1.64. The number of methoxy groups -OCH3 is 1. The molecule has 0 aliphatic rings. The van der Waals surface area contributed by atoms with Gasteiger partial charge in [0.2, 0.25) is 5.91 Å². The molecular formula is C24H21N3O5S. The zero-order valence-corrected chi connectivity index (χ0v) is 18.8. The van der Waals surface area contributed by atoms with E-state index in [4.69, 9.17) is 9.47 Å². The fraction of sp³-hybridized carbons (Fsp3) is 0.167. The Morgan fingerprint density at radius 2 is 1.88 bits per heavy atom. The van der Waals surface area contributed by atoms with E-state index < -0.39 is 17.4 Å². The second-order valence-corrected chi connectivity index (χ2v) is 8.07. The first-order chi connectivity index (χ1) is 16.0. The number of amides is 1. The number of para-hydroxylation sites is 2. The van der Waals surface area contributed by atoms with Crippen molar-refractivity contribution < 1.29 is 19.1 Å². The first-order valence-corrected chi connectivity index (χ1v) is 11.0. The third-order valence-corrected chi connectivity index (χ3v) is 6.06. The van der Waals surface area contributed by atoms with Gasteiger partial charge in [-0.25, -0.2) is 9.78 Å². The van der Waals surface area contributed by atoms with E-state index >= 15 is 0 Å². The van der Waals surface area contributed by atoms with Gasteiger partial charge in [0, 0.05) is 4.88 Å². The molecule has 0 atom stereocenters. The van der Waals surface area contributed by atoms with Crippen LogP contribution in [0.15, 0.2) is 65.6 Å². The minimum atomic E-state index is -0.524. The topological polar surface area (TPSA) is 99.5 Å². The summed E-state index contributed by atoms with van der Waals surface area (Å²) in [4.78, 5) is 42.9. The normalized spacial score (nSPS) is 10.7. The summed E-state index contributed by atoms with van der Waals surface area (Å²) < 4.78 is 11.7. The highest BCUT2D eigenvalue weighted by Gasteiger charge is 2.20. The molecule has 168 valence electrons. The smallest absolute Gasteiger partial charge is 0.350 e. The summed E-state index contributed by atoms with van der Waals surface area (Å²) in [6.45, 7) is 1.70. The molecule has 0 radical (unpaired) electrons. The lowest BCUT2D eigenvalue weighted by Gasteiger charge is -2.10. The fourth-order valence-electron chi connectivity index (χ4n) is 3.34. The van der Waals surface area contributed by atoms with E-state index in [0.717, 1.165) is 10.4 Å². The van der Waals surface area contributed by atoms with E-state index in [1.807, 2.05) is 30.3 Å². The number of hydrogen-bond donors (Lipinski definition) is 1. The lowest BCUT2D eigenvalue weighted by Crippen LogP contribution is -2.28. The summed E-state index contributed by atoms with van der Waals surface area (Å²) >= 11 is 1.22. The number of nitrogens with one attached hydrogen (secondary N) is 1. The van der Waals surface area contributed by atoms with Crippen molar-refractivity contribution >= 4 is 39.9 Å². The number of nitrogens with zero attached hydrogens (tertiary/aromatic N) is 2. The number of rotatable bonds is 7. The molecule has 4 rings (SSSR count). The Hall–Kier alpha value is -3.98. The maximum atomic E-state index is 12.9. The molecule has 9 heteroatoms. The van der Waals surface area contributed by atoms with Gasteiger partial charge in [-0.1, -0.05) is 12.1 Å². The molecule has 2 heterocycles. The largest absolute Gasteiger partial charge is 0.497 e. The average Bonchev–Trinajstić information content (AvgIpc) is 3.25. The van der Waals surface area contributed by atoms with Crippen molar-refractivity contribution in [3.05, 3.63) is 76.0 Å². The van der Waals surface area contributed by atoms with Crippen molar-refractivity contribution in [3.8, 4) is 16.2 Å². The molecule has 4 aromatic rings. The number of aromatic nitrogens is 2. The Morgan fingerprint density at radius 1 is 1.12 bits per heavy atom. The standard InChI is InChI=1S/C24H21N3O5S/c1-3-32-24(30)23-18(12-20(33-23)15-8-10-16(31-2)11-9-15)26-21(28)14-27-19-7-5-4-6-17(19)25-13-22(27)29/h4-13H,3,14H2,1-2H3,(H,26,28). The molecule has 2 aromatic carbocycles. The first kappa shape index (κ1) is 22.2. The predicted molar refractivity (Wildman–Crippen MR) is 127 cm³/mol. The molecule has 0 saturated carbocycles. The second kappa shape index (κ2) is 9.66. The van der Waals surface area contributed by atoms with E-state index in [1.54, 1.807) is 38.3 Å². The van der Waals surface area contributed by atoms with Crippen LogP contribution in [0, 0.1) is 0 Å². The lowest BCUT2D eigenvalue weighted by atomic mass is 10.2. The van der Waals surface area contributed by atoms with Crippen LogP contribution in [0.25, 0.3) is 21.5 Å². The van der Waals surface area contributed by atoms with E-state index in [1.165, 1.54) is 22.1 Å². The molecule has 1 amide bonds. The zero-order valence-electron chi connectivity index (χ0n) is 18.0. The Morgan fingerprint density at radius 3 is 2.61 bits per heavy atom. The van der Waals surface area contributed by atoms with Crippen molar-refractivity contribution in [3.63, 3.8) is 0 Å². The molecule has 0 bridgehead atoms. The number of esters is 1. The van der Waals surface area contributed by atoms with E-state index in [0.29, 0.717) is 22.5 Å². The van der Waals surface area contributed by atoms with Gasteiger partial charge in [0.05, 0.1) is 36.6 Å². The number of carbonyl (C=O) groups is 2. The third kappa shape index (κ3) is 4.78. The average molecular weight is 464 g/mol. The molecule has 33 heavy (non-hydrogen) atoms. The minimum absolute atomic E-state index is 0.209. The van der Waals surface area contributed by atoms with E-state index in [9.17, 15) is 14.4 Å². The molecule has 8 nitrogen and oxygen atoms in total. The third-order valence-electron chi connectivity index (χ3n) is 4.90. The van der Waals surface area contributed by atoms with E-state index in [2.05, 4.69) is 10.3 Å². The molecule has 0 aliphatic heterocycles. The number of thiophene rings is 1. The van der Waals surface area contributed by atoms with Crippen molar-refractivity contribution in [2.45, 2.75) is 13.5 Å². The zero-order chi connectivity index (χ0) is 23.4. The van der Waals surface area contributed by atoms with Crippen LogP contribution in [-0.2, 0) is 16.1 Å². The van der Waals surface area contributed by atoms with Gasteiger partial charge in [0.1, 0.15) is 17.2 Å². The summed E-state index contributed by atoms with van der Waals surface area (Å²) in [6, 6.07) is 16.2. The van der Waals surface area contributed by atoms with Crippen LogP contribution in [0.3, 0.4) is 0 Å². The summed E-state index contributed by atoms with van der Waals surface area (Å²) in [5, 5.41) is 2.77.